The van der Waals surface area contributed by atoms with Gasteiger partial charge in [0, 0.05) is 24.3 Å². The highest BCUT2D eigenvalue weighted by atomic mass is 35.5. The molecule has 0 spiro atoms. The molecular formula is C14H20ClNO2. The molecule has 1 aromatic rings. The maximum Gasteiger partial charge on any atom is 0.122 e. The second-order valence-corrected chi connectivity index (χ2v) is 5.32. The maximum atomic E-state index is 6.21. The third-order valence-corrected chi connectivity index (χ3v) is 3.62. The number of nitrogens with two attached hydrogens (primary N) is 1. The monoisotopic (exact) mass is 269 g/mol. The highest BCUT2D eigenvalue weighted by Gasteiger charge is 2.19. The summed E-state index contributed by atoms with van der Waals surface area (Å²) in [5.74, 6) is 1.46. The molecule has 4 heteroatoms. The summed E-state index contributed by atoms with van der Waals surface area (Å²) in [7, 11) is 1.67. The molecular weight excluding hydrogens is 250 g/mol. The molecule has 2 atom stereocenters. The fraction of sp³-hybridized carbons (Fsp3) is 0.571. The lowest BCUT2D eigenvalue weighted by Gasteiger charge is -2.17. The van der Waals surface area contributed by atoms with Crippen molar-refractivity contribution in [2.24, 2.45) is 11.7 Å². The van der Waals surface area contributed by atoms with Gasteiger partial charge in [-0.05, 0) is 48.9 Å². The first-order valence-electron chi connectivity index (χ1n) is 6.34. The summed E-state index contributed by atoms with van der Waals surface area (Å²) >= 11 is 6.01. The van der Waals surface area contributed by atoms with Crippen LogP contribution in [0, 0.1) is 5.92 Å². The third-order valence-electron chi connectivity index (χ3n) is 3.38. The Bertz CT molecular complexity index is 391. The normalized spacial score (nSPS) is 20.9. The first kappa shape index (κ1) is 13.7. The van der Waals surface area contributed by atoms with Crippen molar-refractivity contribution in [2.75, 3.05) is 20.3 Å². The highest BCUT2D eigenvalue weighted by molar-refractivity contribution is 6.30. The van der Waals surface area contributed by atoms with Gasteiger partial charge in [0.2, 0.25) is 0 Å². The fourth-order valence-corrected chi connectivity index (χ4v) is 2.66. The van der Waals surface area contributed by atoms with Crippen LogP contribution in [-0.2, 0) is 11.2 Å². The fourth-order valence-electron chi connectivity index (χ4n) is 2.47. The van der Waals surface area contributed by atoms with Crippen LogP contribution in [0.4, 0.5) is 0 Å². The van der Waals surface area contributed by atoms with E-state index in [-0.39, 0.29) is 6.04 Å². The van der Waals surface area contributed by atoms with Gasteiger partial charge >= 0.3 is 0 Å². The second kappa shape index (κ2) is 6.41. The second-order valence-electron chi connectivity index (χ2n) is 4.89. The number of hydrogen-bond donors (Lipinski definition) is 1. The van der Waals surface area contributed by atoms with Crippen molar-refractivity contribution in [3.8, 4) is 5.75 Å². The molecule has 1 aromatic carbocycles. The van der Waals surface area contributed by atoms with E-state index in [0.29, 0.717) is 5.92 Å². The van der Waals surface area contributed by atoms with Gasteiger partial charge in [-0.2, -0.15) is 0 Å². The van der Waals surface area contributed by atoms with Gasteiger partial charge < -0.3 is 15.2 Å². The van der Waals surface area contributed by atoms with Gasteiger partial charge in [-0.15, -0.1) is 0 Å². The van der Waals surface area contributed by atoms with Crippen molar-refractivity contribution >= 4 is 11.6 Å². The van der Waals surface area contributed by atoms with Crippen molar-refractivity contribution in [3.05, 3.63) is 28.8 Å². The average Bonchev–Trinajstić information content (AvgIpc) is 2.82. The van der Waals surface area contributed by atoms with Crippen LogP contribution in [0.1, 0.15) is 18.4 Å². The van der Waals surface area contributed by atoms with Crippen molar-refractivity contribution in [1.29, 1.82) is 0 Å². The summed E-state index contributed by atoms with van der Waals surface area (Å²) < 4.78 is 10.7. The quantitative estimate of drug-likeness (QED) is 0.894. The Hall–Kier alpha value is -0.770. The lowest BCUT2D eigenvalue weighted by molar-refractivity contribution is 0.182. The molecule has 3 nitrogen and oxygen atoms in total. The summed E-state index contributed by atoms with van der Waals surface area (Å²) in [4.78, 5) is 0. The van der Waals surface area contributed by atoms with E-state index in [2.05, 4.69) is 0 Å². The van der Waals surface area contributed by atoms with E-state index in [0.717, 1.165) is 48.8 Å². The first-order valence-corrected chi connectivity index (χ1v) is 6.72. The molecule has 1 aliphatic heterocycles. The minimum absolute atomic E-state index is 0.129. The summed E-state index contributed by atoms with van der Waals surface area (Å²) in [6.45, 7) is 1.72. The van der Waals surface area contributed by atoms with Gasteiger partial charge in [0.25, 0.3) is 0 Å². The van der Waals surface area contributed by atoms with Gasteiger partial charge in [0.05, 0.1) is 7.11 Å². The summed E-state index contributed by atoms with van der Waals surface area (Å²) in [5, 5.41) is 0.724. The van der Waals surface area contributed by atoms with E-state index in [1.807, 2.05) is 18.2 Å². The standard InChI is InChI=1S/C14H20ClNO2/c1-17-14-3-2-12(15)7-11(14)8-13(16)6-10-4-5-18-9-10/h2-3,7,10,13H,4-6,8-9,16H2,1H3. The topological polar surface area (TPSA) is 44.5 Å². The van der Waals surface area contributed by atoms with Gasteiger partial charge in [0.1, 0.15) is 5.75 Å². The van der Waals surface area contributed by atoms with Crippen LogP contribution in [0.3, 0.4) is 0 Å². The smallest absolute Gasteiger partial charge is 0.122 e. The van der Waals surface area contributed by atoms with Crippen LogP contribution in [0.25, 0.3) is 0 Å². The van der Waals surface area contributed by atoms with Crippen LogP contribution in [0.2, 0.25) is 5.02 Å². The lowest BCUT2D eigenvalue weighted by Crippen LogP contribution is -2.26. The van der Waals surface area contributed by atoms with Crippen LogP contribution in [-0.4, -0.2) is 26.4 Å². The Labute approximate surface area is 113 Å². The highest BCUT2D eigenvalue weighted by Crippen LogP contribution is 2.25. The zero-order chi connectivity index (χ0) is 13.0. The number of benzene rings is 1. The Morgan fingerprint density at radius 3 is 3.06 bits per heavy atom. The summed E-state index contributed by atoms with van der Waals surface area (Å²) in [6.07, 6.45) is 2.91. The zero-order valence-corrected chi connectivity index (χ0v) is 11.5. The van der Waals surface area contributed by atoms with E-state index < -0.39 is 0 Å². The van der Waals surface area contributed by atoms with Crippen LogP contribution in [0.5, 0.6) is 5.75 Å². The molecule has 1 aliphatic rings. The van der Waals surface area contributed by atoms with E-state index in [1.165, 1.54) is 0 Å². The molecule has 0 radical (unpaired) electrons. The summed E-state index contributed by atoms with van der Waals surface area (Å²) in [5.41, 5.74) is 7.29. The van der Waals surface area contributed by atoms with Crippen LogP contribution < -0.4 is 10.5 Å². The maximum absolute atomic E-state index is 6.21. The number of methoxy groups -OCH3 is 1. The number of hydrogen-bond acceptors (Lipinski definition) is 3. The molecule has 18 heavy (non-hydrogen) atoms. The summed E-state index contributed by atoms with van der Waals surface area (Å²) in [6, 6.07) is 5.79. The Morgan fingerprint density at radius 1 is 1.56 bits per heavy atom. The predicted octanol–water partition coefficient (Wildman–Crippen LogP) is 2.65. The predicted molar refractivity (Wildman–Crippen MR) is 73.2 cm³/mol. The van der Waals surface area contributed by atoms with E-state index in [4.69, 9.17) is 26.8 Å². The van der Waals surface area contributed by atoms with E-state index in [9.17, 15) is 0 Å². The number of halogens is 1. The third kappa shape index (κ3) is 3.61. The lowest BCUT2D eigenvalue weighted by atomic mass is 9.95. The number of rotatable bonds is 5. The van der Waals surface area contributed by atoms with Crippen molar-refractivity contribution in [2.45, 2.75) is 25.3 Å². The SMILES string of the molecule is COc1ccc(Cl)cc1CC(N)CC1CCOC1. The van der Waals surface area contributed by atoms with Crippen molar-refractivity contribution in [3.63, 3.8) is 0 Å². The molecule has 0 aromatic heterocycles. The molecule has 0 bridgehead atoms. The molecule has 0 aliphatic carbocycles. The largest absolute Gasteiger partial charge is 0.496 e. The Kier molecular flexibility index (Phi) is 4.87. The van der Waals surface area contributed by atoms with Crippen LogP contribution in [0.15, 0.2) is 18.2 Å². The Balaban J connectivity index is 1.96. The van der Waals surface area contributed by atoms with Gasteiger partial charge in [-0.25, -0.2) is 0 Å². The molecule has 2 rings (SSSR count). The van der Waals surface area contributed by atoms with E-state index >= 15 is 0 Å². The minimum atomic E-state index is 0.129. The minimum Gasteiger partial charge on any atom is -0.496 e. The first-order chi connectivity index (χ1) is 8.69. The number of ether oxygens (including phenoxy) is 2. The van der Waals surface area contributed by atoms with Gasteiger partial charge in [-0.3, -0.25) is 0 Å². The van der Waals surface area contributed by atoms with E-state index in [1.54, 1.807) is 7.11 Å². The molecule has 0 saturated carbocycles. The molecule has 100 valence electrons. The molecule has 1 fully saturated rings. The molecule has 0 amide bonds. The van der Waals surface area contributed by atoms with Crippen LogP contribution >= 0.6 is 11.6 Å². The van der Waals surface area contributed by atoms with Gasteiger partial charge in [0.15, 0.2) is 0 Å². The van der Waals surface area contributed by atoms with Gasteiger partial charge in [-0.1, -0.05) is 11.6 Å². The molecule has 2 unspecified atom stereocenters. The zero-order valence-electron chi connectivity index (χ0n) is 10.7. The molecule has 1 heterocycles. The van der Waals surface area contributed by atoms with Crippen molar-refractivity contribution < 1.29 is 9.47 Å². The molecule has 1 saturated heterocycles. The molecule has 2 N–H and O–H groups in total. The van der Waals surface area contributed by atoms with Crippen molar-refractivity contribution in [1.82, 2.24) is 0 Å². The Morgan fingerprint density at radius 2 is 2.39 bits per heavy atom. The average molecular weight is 270 g/mol.